The maximum Gasteiger partial charge on any atom is 0.326 e. The zero-order valence-corrected chi connectivity index (χ0v) is 22.1. The maximum atomic E-state index is 12.8. The molecule has 7 N–H and O–H groups in total. The van der Waals surface area contributed by atoms with Crippen LogP contribution < -0.4 is 16.4 Å². The van der Waals surface area contributed by atoms with Crippen molar-refractivity contribution in [3.05, 3.63) is 34.3 Å². The first-order chi connectivity index (χ1) is 17.5. The second kappa shape index (κ2) is 17.3. The standard InChI is InChI=1S/C24H35BrN4O8/c25-17-9-7-16(8-10-17)15-29(20(30)6-1-3-13-26)14-4-2-5-18(22(33)34)27-24(37)28-19(23(35)36)11-12-21(31)32/h7-10,18-19H,1-6,11-15,26H2,(H,31,32)(H,33,34)(H,35,36)(H2,27,28,37)/t18-,19?/m0/s1. The summed E-state index contributed by atoms with van der Waals surface area (Å²) in [6.07, 6.45) is 1.89. The molecule has 0 saturated carbocycles. The molecule has 0 aliphatic rings. The lowest BCUT2D eigenvalue weighted by molar-refractivity contribution is -0.140. The summed E-state index contributed by atoms with van der Waals surface area (Å²) < 4.78 is 0.921. The quantitative estimate of drug-likeness (QED) is 0.139. The van der Waals surface area contributed by atoms with Crippen molar-refractivity contribution in [1.82, 2.24) is 15.5 Å². The topological polar surface area (TPSA) is 199 Å². The minimum absolute atomic E-state index is 0.0234. The van der Waals surface area contributed by atoms with Crippen molar-refractivity contribution in [2.75, 3.05) is 13.1 Å². The number of nitrogens with one attached hydrogen (secondary N) is 2. The highest BCUT2D eigenvalue weighted by molar-refractivity contribution is 9.10. The van der Waals surface area contributed by atoms with E-state index < -0.39 is 42.4 Å². The molecule has 1 aromatic carbocycles. The average Bonchev–Trinajstić information content (AvgIpc) is 2.83. The second-order valence-electron chi connectivity index (χ2n) is 8.52. The van der Waals surface area contributed by atoms with E-state index in [2.05, 4.69) is 26.6 Å². The first-order valence-corrected chi connectivity index (χ1v) is 12.8. The van der Waals surface area contributed by atoms with Gasteiger partial charge in [0.25, 0.3) is 0 Å². The molecule has 0 fully saturated rings. The maximum absolute atomic E-state index is 12.8. The molecule has 13 heteroatoms. The number of nitrogens with zero attached hydrogens (tertiary/aromatic N) is 1. The molecule has 0 aliphatic carbocycles. The van der Waals surface area contributed by atoms with Crippen LogP contribution in [0, 0.1) is 0 Å². The van der Waals surface area contributed by atoms with Crippen LogP contribution in [0.4, 0.5) is 4.79 Å². The van der Waals surface area contributed by atoms with E-state index >= 15 is 0 Å². The molecule has 0 bridgehead atoms. The first-order valence-electron chi connectivity index (χ1n) is 12.0. The van der Waals surface area contributed by atoms with Gasteiger partial charge < -0.3 is 36.6 Å². The van der Waals surface area contributed by atoms with Crippen LogP contribution in [0.5, 0.6) is 0 Å². The van der Waals surface area contributed by atoms with Crippen molar-refractivity contribution in [3.63, 3.8) is 0 Å². The summed E-state index contributed by atoms with van der Waals surface area (Å²) in [6.45, 7) is 1.31. The number of aliphatic carboxylic acids is 3. The minimum atomic E-state index is -1.47. The Labute approximate surface area is 223 Å². The van der Waals surface area contributed by atoms with E-state index in [0.29, 0.717) is 45.3 Å². The predicted molar refractivity (Wildman–Crippen MR) is 138 cm³/mol. The Kier molecular flexibility index (Phi) is 14.9. The number of carbonyl (C=O) groups excluding carboxylic acids is 2. The third-order valence-corrected chi connectivity index (χ3v) is 6.04. The number of halogens is 1. The molecule has 0 saturated heterocycles. The fraction of sp³-hybridized carbons (Fsp3) is 0.542. The fourth-order valence-corrected chi connectivity index (χ4v) is 3.74. The highest BCUT2D eigenvalue weighted by Gasteiger charge is 2.25. The van der Waals surface area contributed by atoms with Crippen molar-refractivity contribution < 1.29 is 39.3 Å². The van der Waals surface area contributed by atoms with Gasteiger partial charge in [-0.15, -0.1) is 0 Å². The lowest BCUT2D eigenvalue weighted by atomic mass is 10.1. The van der Waals surface area contributed by atoms with Crippen LogP contribution in [-0.4, -0.2) is 75.2 Å². The fourth-order valence-electron chi connectivity index (χ4n) is 3.47. The summed E-state index contributed by atoms with van der Waals surface area (Å²) in [7, 11) is 0. The van der Waals surface area contributed by atoms with Crippen LogP contribution in [-0.2, 0) is 25.7 Å². The summed E-state index contributed by atoms with van der Waals surface area (Å²) in [5, 5.41) is 31.6. The zero-order chi connectivity index (χ0) is 27.8. The van der Waals surface area contributed by atoms with E-state index in [4.69, 9.17) is 15.9 Å². The van der Waals surface area contributed by atoms with E-state index in [9.17, 15) is 29.1 Å². The van der Waals surface area contributed by atoms with Crippen LogP contribution >= 0.6 is 15.9 Å². The average molecular weight is 587 g/mol. The lowest BCUT2D eigenvalue weighted by Crippen LogP contribution is -2.51. The summed E-state index contributed by atoms with van der Waals surface area (Å²) in [5.41, 5.74) is 6.47. The monoisotopic (exact) mass is 586 g/mol. The first kappa shape index (κ1) is 31.8. The van der Waals surface area contributed by atoms with Gasteiger partial charge in [-0.25, -0.2) is 14.4 Å². The third kappa shape index (κ3) is 13.6. The molecule has 206 valence electrons. The number of hydrogen-bond acceptors (Lipinski definition) is 6. The molecule has 37 heavy (non-hydrogen) atoms. The van der Waals surface area contributed by atoms with Gasteiger partial charge in [-0.05, 0) is 62.8 Å². The van der Waals surface area contributed by atoms with Crippen LogP contribution in [0.3, 0.4) is 0 Å². The second-order valence-corrected chi connectivity index (χ2v) is 9.43. The molecular weight excluding hydrogens is 552 g/mol. The molecule has 0 aromatic heterocycles. The Morgan fingerprint density at radius 1 is 0.838 bits per heavy atom. The van der Waals surface area contributed by atoms with Gasteiger partial charge in [0.1, 0.15) is 12.1 Å². The van der Waals surface area contributed by atoms with E-state index in [1.165, 1.54) is 0 Å². The summed E-state index contributed by atoms with van der Waals surface area (Å²) in [4.78, 5) is 60.1. The van der Waals surface area contributed by atoms with Crippen molar-refractivity contribution >= 4 is 45.8 Å². The van der Waals surface area contributed by atoms with Crippen LogP contribution in [0.1, 0.15) is 56.9 Å². The number of urea groups is 1. The van der Waals surface area contributed by atoms with Crippen LogP contribution in [0.25, 0.3) is 0 Å². The Morgan fingerprint density at radius 2 is 1.43 bits per heavy atom. The van der Waals surface area contributed by atoms with Gasteiger partial charge >= 0.3 is 23.9 Å². The lowest BCUT2D eigenvalue weighted by Gasteiger charge is -2.24. The Morgan fingerprint density at radius 3 is 1.97 bits per heavy atom. The number of carboxylic acids is 3. The van der Waals surface area contributed by atoms with Gasteiger partial charge in [-0.2, -0.15) is 0 Å². The van der Waals surface area contributed by atoms with Gasteiger partial charge in [-0.3, -0.25) is 9.59 Å². The van der Waals surface area contributed by atoms with E-state index in [0.717, 1.165) is 16.5 Å². The number of carbonyl (C=O) groups is 5. The van der Waals surface area contributed by atoms with Crippen LogP contribution in [0.2, 0.25) is 0 Å². The van der Waals surface area contributed by atoms with Gasteiger partial charge in [0.05, 0.1) is 0 Å². The summed E-state index contributed by atoms with van der Waals surface area (Å²) in [6, 6.07) is 3.82. The molecule has 3 amide bonds. The molecule has 12 nitrogen and oxygen atoms in total. The zero-order valence-electron chi connectivity index (χ0n) is 20.5. The van der Waals surface area contributed by atoms with E-state index in [-0.39, 0.29) is 18.7 Å². The summed E-state index contributed by atoms with van der Waals surface area (Å²) >= 11 is 3.38. The van der Waals surface area contributed by atoms with Gasteiger partial charge in [0.15, 0.2) is 0 Å². The molecule has 0 radical (unpaired) electrons. The normalized spacial score (nSPS) is 12.3. The Bertz CT molecular complexity index is 913. The molecule has 0 heterocycles. The molecule has 1 unspecified atom stereocenters. The highest BCUT2D eigenvalue weighted by Crippen LogP contribution is 2.15. The molecule has 1 rings (SSSR count). The molecule has 1 aromatic rings. The van der Waals surface area contributed by atoms with Gasteiger partial charge in [0.2, 0.25) is 5.91 Å². The highest BCUT2D eigenvalue weighted by atomic mass is 79.9. The van der Waals surface area contributed by atoms with Crippen molar-refractivity contribution in [1.29, 1.82) is 0 Å². The van der Waals surface area contributed by atoms with Gasteiger partial charge in [0, 0.05) is 30.4 Å². The van der Waals surface area contributed by atoms with E-state index in [1.807, 2.05) is 24.3 Å². The van der Waals surface area contributed by atoms with Crippen molar-refractivity contribution in [2.24, 2.45) is 5.73 Å². The number of nitrogens with two attached hydrogens (primary N) is 1. The molecule has 2 atom stereocenters. The molecule has 0 aliphatic heterocycles. The number of rotatable bonds is 18. The van der Waals surface area contributed by atoms with Crippen molar-refractivity contribution in [2.45, 2.75) is 70.0 Å². The molecular formula is C24H35BrN4O8. The molecule has 0 spiro atoms. The number of benzene rings is 1. The van der Waals surface area contributed by atoms with E-state index in [1.54, 1.807) is 4.90 Å². The van der Waals surface area contributed by atoms with Crippen molar-refractivity contribution in [3.8, 4) is 0 Å². The number of hydrogen-bond donors (Lipinski definition) is 6. The Hall–Kier alpha value is -3.19. The summed E-state index contributed by atoms with van der Waals surface area (Å²) in [5.74, 6) is -3.96. The number of amides is 3. The largest absolute Gasteiger partial charge is 0.481 e. The smallest absolute Gasteiger partial charge is 0.326 e. The third-order valence-electron chi connectivity index (χ3n) is 5.51. The van der Waals surface area contributed by atoms with Crippen LogP contribution in [0.15, 0.2) is 28.7 Å². The SMILES string of the molecule is NCCCCC(=O)N(CCCC[C@H](NC(=O)NC(CCC(=O)O)C(=O)O)C(=O)O)Cc1ccc(Br)cc1. The predicted octanol–water partition coefficient (Wildman–Crippen LogP) is 2.15. The number of carboxylic acid groups (broad SMARTS) is 3. The Balaban J connectivity index is 2.65. The minimum Gasteiger partial charge on any atom is -0.481 e. The number of unbranched alkanes of at least 4 members (excludes halogenated alkanes) is 2. The van der Waals surface area contributed by atoms with Gasteiger partial charge in [-0.1, -0.05) is 28.1 Å².